The highest BCUT2D eigenvalue weighted by molar-refractivity contribution is 5.79. The Labute approximate surface area is 72.7 Å². The Bertz CT molecular complexity index is 158. The molecule has 12 heavy (non-hydrogen) atoms. The van der Waals surface area contributed by atoms with Gasteiger partial charge >= 0.3 is 0 Å². The molecule has 0 aliphatic carbocycles. The van der Waals surface area contributed by atoms with Crippen molar-refractivity contribution in [3.8, 4) is 0 Å². The average molecular weight is 171 g/mol. The van der Waals surface area contributed by atoms with Crippen LogP contribution < -0.4 is 16.8 Å². The second kappa shape index (κ2) is 4.42. The van der Waals surface area contributed by atoms with E-state index in [1.165, 1.54) is 0 Å². The molecule has 1 rings (SSSR count). The highest BCUT2D eigenvalue weighted by Crippen LogP contribution is 2.18. The molecule has 0 aromatic carbocycles. The summed E-state index contributed by atoms with van der Waals surface area (Å²) in [5.41, 5.74) is 10.6. The van der Waals surface area contributed by atoms with E-state index in [0.29, 0.717) is 12.5 Å². The van der Waals surface area contributed by atoms with Gasteiger partial charge in [0.15, 0.2) is 0 Å². The van der Waals surface area contributed by atoms with Gasteiger partial charge in [-0.3, -0.25) is 4.79 Å². The molecule has 1 aliphatic heterocycles. The number of hydrogen-bond acceptors (Lipinski definition) is 3. The quantitative estimate of drug-likeness (QED) is 0.519. The Hall–Kier alpha value is -0.610. The smallest absolute Gasteiger partial charge is 0.234 e. The van der Waals surface area contributed by atoms with E-state index in [1.54, 1.807) is 0 Å². The number of piperidine rings is 1. The number of carbonyl (C=O) groups excluding carboxylic acids is 1. The average Bonchev–Trinajstić information content (AvgIpc) is 2.05. The monoisotopic (exact) mass is 171 g/mol. The summed E-state index contributed by atoms with van der Waals surface area (Å²) in [4.78, 5) is 10.8. The molecule has 1 fully saturated rings. The Kier molecular flexibility index (Phi) is 3.49. The molecule has 0 bridgehead atoms. The molecule has 4 heteroatoms. The number of nitrogens with two attached hydrogens (primary N) is 2. The third kappa shape index (κ3) is 2.46. The molecule has 0 aromatic heterocycles. The predicted octanol–water partition coefficient (Wildman–Crippen LogP) is -0.811. The summed E-state index contributed by atoms with van der Waals surface area (Å²) < 4.78 is 0. The van der Waals surface area contributed by atoms with Gasteiger partial charge in [0.2, 0.25) is 5.91 Å². The number of carbonyl (C=O) groups is 1. The molecule has 1 aliphatic rings. The summed E-state index contributed by atoms with van der Waals surface area (Å²) in [6, 6.07) is -0.129. The molecule has 0 saturated carbocycles. The van der Waals surface area contributed by atoms with Gasteiger partial charge in [-0.15, -0.1) is 0 Å². The highest BCUT2D eigenvalue weighted by Gasteiger charge is 2.24. The Morgan fingerprint density at radius 3 is 2.92 bits per heavy atom. The zero-order chi connectivity index (χ0) is 8.97. The summed E-state index contributed by atoms with van der Waals surface area (Å²) >= 11 is 0. The summed E-state index contributed by atoms with van der Waals surface area (Å²) in [5, 5.41) is 3.09. The minimum atomic E-state index is -0.239. The fourth-order valence-corrected chi connectivity index (χ4v) is 1.71. The van der Waals surface area contributed by atoms with Crippen molar-refractivity contribution < 1.29 is 4.79 Å². The Balaban J connectivity index is 2.35. The van der Waals surface area contributed by atoms with Crippen LogP contribution in [0.1, 0.15) is 19.3 Å². The Morgan fingerprint density at radius 1 is 1.58 bits per heavy atom. The molecular formula is C8H17N3O. The second-order valence-electron chi connectivity index (χ2n) is 3.38. The molecule has 2 unspecified atom stereocenters. The number of nitrogens with one attached hydrogen (secondary N) is 1. The van der Waals surface area contributed by atoms with E-state index >= 15 is 0 Å². The summed E-state index contributed by atoms with van der Waals surface area (Å²) in [5.74, 6) is 0.338. The molecule has 1 amide bonds. The van der Waals surface area contributed by atoms with Gasteiger partial charge < -0.3 is 16.8 Å². The fourth-order valence-electron chi connectivity index (χ4n) is 1.71. The Morgan fingerprint density at radius 2 is 2.33 bits per heavy atom. The predicted molar refractivity (Wildman–Crippen MR) is 47.4 cm³/mol. The van der Waals surface area contributed by atoms with Crippen LogP contribution in [0.4, 0.5) is 0 Å². The van der Waals surface area contributed by atoms with Crippen molar-refractivity contribution in [3.63, 3.8) is 0 Å². The number of hydrogen-bond donors (Lipinski definition) is 3. The molecule has 0 aromatic rings. The van der Waals surface area contributed by atoms with E-state index < -0.39 is 0 Å². The van der Waals surface area contributed by atoms with Crippen LogP contribution in [0.15, 0.2) is 0 Å². The lowest BCUT2D eigenvalue weighted by molar-refractivity contribution is -0.120. The van der Waals surface area contributed by atoms with Crippen molar-refractivity contribution in [1.82, 2.24) is 5.32 Å². The molecule has 0 radical (unpaired) electrons. The minimum Gasteiger partial charge on any atom is -0.368 e. The summed E-state index contributed by atoms with van der Waals surface area (Å²) in [6.07, 6.45) is 2.97. The lowest BCUT2D eigenvalue weighted by Crippen LogP contribution is -2.46. The molecule has 5 N–H and O–H groups in total. The van der Waals surface area contributed by atoms with Crippen molar-refractivity contribution >= 4 is 5.91 Å². The maximum atomic E-state index is 10.8. The van der Waals surface area contributed by atoms with Crippen molar-refractivity contribution in [2.75, 3.05) is 13.1 Å². The van der Waals surface area contributed by atoms with E-state index in [0.717, 1.165) is 25.8 Å². The van der Waals surface area contributed by atoms with Crippen LogP contribution in [-0.4, -0.2) is 25.0 Å². The van der Waals surface area contributed by atoms with E-state index in [1.807, 2.05) is 0 Å². The largest absolute Gasteiger partial charge is 0.368 e. The van der Waals surface area contributed by atoms with Crippen LogP contribution in [0.3, 0.4) is 0 Å². The van der Waals surface area contributed by atoms with Crippen LogP contribution in [0.25, 0.3) is 0 Å². The van der Waals surface area contributed by atoms with Crippen LogP contribution in [0, 0.1) is 5.92 Å². The van der Waals surface area contributed by atoms with Gasteiger partial charge in [-0.2, -0.15) is 0 Å². The lowest BCUT2D eigenvalue weighted by Gasteiger charge is -2.27. The third-order valence-corrected chi connectivity index (χ3v) is 2.43. The van der Waals surface area contributed by atoms with Gasteiger partial charge in [0, 0.05) is 0 Å². The van der Waals surface area contributed by atoms with Crippen LogP contribution in [0.2, 0.25) is 0 Å². The van der Waals surface area contributed by atoms with Gasteiger partial charge in [0.05, 0.1) is 6.04 Å². The van der Waals surface area contributed by atoms with E-state index in [9.17, 15) is 4.79 Å². The van der Waals surface area contributed by atoms with Crippen LogP contribution in [0.5, 0.6) is 0 Å². The molecule has 2 atom stereocenters. The lowest BCUT2D eigenvalue weighted by atomic mass is 9.89. The number of primary amides is 1. The van der Waals surface area contributed by atoms with Crippen molar-refractivity contribution in [2.24, 2.45) is 17.4 Å². The standard InChI is InChI=1S/C8H17N3O/c9-3-1-6-2-4-11-7(5-6)8(10)12/h6-7,11H,1-5,9H2,(H2,10,12). The number of rotatable bonds is 3. The zero-order valence-corrected chi connectivity index (χ0v) is 7.25. The fraction of sp³-hybridized carbons (Fsp3) is 0.875. The van der Waals surface area contributed by atoms with Gasteiger partial charge in [-0.25, -0.2) is 0 Å². The summed E-state index contributed by atoms with van der Waals surface area (Å²) in [7, 11) is 0. The normalized spacial score (nSPS) is 30.1. The maximum absolute atomic E-state index is 10.8. The third-order valence-electron chi connectivity index (χ3n) is 2.43. The van der Waals surface area contributed by atoms with Gasteiger partial charge in [0.1, 0.15) is 0 Å². The second-order valence-corrected chi connectivity index (χ2v) is 3.38. The molecule has 0 spiro atoms. The van der Waals surface area contributed by atoms with Crippen molar-refractivity contribution in [1.29, 1.82) is 0 Å². The van der Waals surface area contributed by atoms with Crippen molar-refractivity contribution in [3.05, 3.63) is 0 Å². The van der Waals surface area contributed by atoms with E-state index in [4.69, 9.17) is 11.5 Å². The van der Waals surface area contributed by atoms with E-state index in [2.05, 4.69) is 5.32 Å². The van der Waals surface area contributed by atoms with Gasteiger partial charge in [-0.05, 0) is 38.3 Å². The first-order valence-electron chi connectivity index (χ1n) is 4.46. The topological polar surface area (TPSA) is 81.1 Å². The molecule has 1 saturated heterocycles. The van der Waals surface area contributed by atoms with Gasteiger partial charge in [-0.1, -0.05) is 0 Å². The molecule has 1 heterocycles. The van der Waals surface area contributed by atoms with Crippen LogP contribution >= 0.6 is 0 Å². The van der Waals surface area contributed by atoms with E-state index in [-0.39, 0.29) is 11.9 Å². The zero-order valence-electron chi connectivity index (χ0n) is 7.25. The first-order valence-corrected chi connectivity index (χ1v) is 4.46. The van der Waals surface area contributed by atoms with Crippen molar-refractivity contribution in [2.45, 2.75) is 25.3 Å². The minimum absolute atomic E-state index is 0.129. The first-order chi connectivity index (χ1) is 5.74. The highest BCUT2D eigenvalue weighted by atomic mass is 16.1. The van der Waals surface area contributed by atoms with Gasteiger partial charge in [0.25, 0.3) is 0 Å². The molecular weight excluding hydrogens is 154 g/mol. The number of amides is 1. The SMILES string of the molecule is NCCC1CCNC(C(N)=O)C1. The first kappa shape index (κ1) is 9.48. The molecule has 70 valence electrons. The maximum Gasteiger partial charge on any atom is 0.234 e. The van der Waals surface area contributed by atoms with Crippen LogP contribution in [-0.2, 0) is 4.79 Å². The summed E-state index contributed by atoms with van der Waals surface area (Å²) in [6.45, 7) is 1.59. The molecule has 4 nitrogen and oxygen atoms in total.